The molecule has 2 heterocycles. The van der Waals surface area contributed by atoms with Crippen molar-refractivity contribution < 1.29 is 4.79 Å². The van der Waals surface area contributed by atoms with Gasteiger partial charge in [-0.25, -0.2) is 4.98 Å². The van der Waals surface area contributed by atoms with Gasteiger partial charge in [-0.15, -0.1) is 12.4 Å². The van der Waals surface area contributed by atoms with Crippen molar-refractivity contribution in [3.63, 3.8) is 0 Å². The Morgan fingerprint density at radius 3 is 2.72 bits per heavy atom. The normalized spacial score (nSPS) is 27.8. The predicted molar refractivity (Wildman–Crippen MR) is 73.1 cm³/mol. The van der Waals surface area contributed by atoms with E-state index in [-0.39, 0.29) is 18.3 Å². The number of nitrogens with zero attached hydrogens (tertiary/aromatic N) is 1. The van der Waals surface area contributed by atoms with Crippen LogP contribution in [0.15, 0.2) is 12.3 Å². The second-order valence-electron chi connectivity index (χ2n) is 5.63. The molecule has 0 atom stereocenters. The van der Waals surface area contributed by atoms with Crippen LogP contribution in [0.4, 0.5) is 5.82 Å². The lowest BCUT2D eigenvalue weighted by atomic mass is 9.71. The molecule has 0 radical (unpaired) electrons. The molecule has 0 spiro atoms. The maximum Gasteiger partial charge on any atom is 0.235 e. The van der Waals surface area contributed by atoms with Crippen molar-refractivity contribution in [1.82, 2.24) is 4.98 Å². The van der Waals surface area contributed by atoms with Gasteiger partial charge in [0.2, 0.25) is 5.91 Å². The number of carbonyl (C=O) groups excluding carboxylic acids is 1. The lowest BCUT2D eigenvalue weighted by Crippen LogP contribution is -2.36. The minimum absolute atomic E-state index is 0. The molecule has 1 aromatic rings. The Labute approximate surface area is 113 Å². The number of nitrogens with two attached hydrogens (primary N) is 1. The molecule has 1 aliphatic carbocycles. The van der Waals surface area contributed by atoms with Gasteiger partial charge >= 0.3 is 0 Å². The van der Waals surface area contributed by atoms with Crippen LogP contribution in [-0.4, -0.2) is 16.9 Å². The van der Waals surface area contributed by atoms with Crippen molar-refractivity contribution in [1.29, 1.82) is 0 Å². The zero-order valence-electron chi connectivity index (χ0n) is 10.6. The van der Waals surface area contributed by atoms with Gasteiger partial charge in [-0.3, -0.25) is 4.79 Å². The molecule has 1 aromatic heterocycles. The third-order valence-corrected chi connectivity index (χ3v) is 4.02. The summed E-state index contributed by atoms with van der Waals surface area (Å²) < 4.78 is 0. The third-order valence-electron chi connectivity index (χ3n) is 4.02. The average Bonchev–Trinajstić information content (AvgIpc) is 2.46. The van der Waals surface area contributed by atoms with Gasteiger partial charge in [0, 0.05) is 17.8 Å². The lowest BCUT2D eigenvalue weighted by molar-refractivity contribution is -0.119. The molecule has 0 unspecified atom stereocenters. The molecule has 1 amide bonds. The highest BCUT2D eigenvalue weighted by atomic mass is 35.5. The van der Waals surface area contributed by atoms with Crippen LogP contribution in [0.3, 0.4) is 0 Å². The van der Waals surface area contributed by atoms with Crippen molar-refractivity contribution >= 4 is 24.1 Å². The topological polar surface area (TPSA) is 68.0 Å². The molecule has 0 bridgehead atoms. The Kier molecular flexibility index (Phi) is 3.11. The summed E-state index contributed by atoms with van der Waals surface area (Å²) in [5.74, 6) is 1.27. The SMILES string of the molecule is CC1(C)C(=O)Nc2nccc([C@H]3C[C@H](N)C3)c21.Cl. The van der Waals surface area contributed by atoms with E-state index >= 15 is 0 Å². The highest BCUT2D eigenvalue weighted by molar-refractivity contribution is 6.05. The van der Waals surface area contributed by atoms with Gasteiger partial charge in [0.15, 0.2) is 0 Å². The summed E-state index contributed by atoms with van der Waals surface area (Å²) >= 11 is 0. The van der Waals surface area contributed by atoms with Crippen LogP contribution in [0.5, 0.6) is 0 Å². The number of hydrogen-bond acceptors (Lipinski definition) is 3. The van der Waals surface area contributed by atoms with E-state index in [1.54, 1.807) is 6.20 Å². The molecule has 4 nitrogen and oxygen atoms in total. The molecule has 1 fully saturated rings. The van der Waals surface area contributed by atoms with Crippen molar-refractivity contribution in [2.24, 2.45) is 5.73 Å². The highest BCUT2D eigenvalue weighted by Gasteiger charge is 2.43. The number of nitrogens with one attached hydrogen (secondary N) is 1. The quantitative estimate of drug-likeness (QED) is 0.817. The molecule has 1 aliphatic heterocycles. The fourth-order valence-corrected chi connectivity index (χ4v) is 2.86. The second kappa shape index (κ2) is 4.21. The summed E-state index contributed by atoms with van der Waals surface area (Å²) in [6, 6.07) is 2.36. The first-order valence-corrected chi connectivity index (χ1v) is 6.06. The van der Waals surface area contributed by atoms with Crippen LogP contribution in [0.1, 0.15) is 43.7 Å². The van der Waals surface area contributed by atoms with E-state index in [1.807, 2.05) is 19.9 Å². The number of amides is 1. The molecule has 18 heavy (non-hydrogen) atoms. The van der Waals surface area contributed by atoms with Crippen LogP contribution in [0.2, 0.25) is 0 Å². The van der Waals surface area contributed by atoms with E-state index in [4.69, 9.17) is 5.73 Å². The van der Waals surface area contributed by atoms with Crippen molar-refractivity contribution in [2.75, 3.05) is 5.32 Å². The summed E-state index contributed by atoms with van der Waals surface area (Å²) in [6.07, 6.45) is 3.81. The Balaban J connectivity index is 0.00000120. The van der Waals surface area contributed by atoms with Gasteiger partial charge in [0.1, 0.15) is 5.82 Å². The van der Waals surface area contributed by atoms with E-state index in [0.717, 1.165) is 24.2 Å². The van der Waals surface area contributed by atoms with Crippen molar-refractivity contribution in [2.45, 2.75) is 44.1 Å². The highest BCUT2D eigenvalue weighted by Crippen LogP contribution is 2.45. The monoisotopic (exact) mass is 267 g/mol. The zero-order chi connectivity index (χ0) is 12.2. The molecule has 5 heteroatoms. The number of halogens is 1. The minimum Gasteiger partial charge on any atom is -0.328 e. The zero-order valence-corrected chi connectivity index (χ0v) is 11.4. The molecule has 98 valence electrons. The molecule has 0 aromatic carbocycles. The van der Waals surface area contributed by atoms with Gasteiger partial charge < -0.3 is 11.1 Å². The summed E-state index contributed by atoms with van der Waals surface area (Å²) in [4.78, 5) is 16.2. The van der Waals surface area contributed by atoms with E-state index in [0.29, 0.717) is 12.0 Å². The van der Waals surface area contributed by atoms with Gasteiger partial charge in [-0.05, 0) is 44.2 Å². The summed E-state index contributed by atoms with van der Waals surface area (Å²) in [7, 11) is 0. The van der Waals surface area contributed by atoms with Gasteiger partial charge in [0.05, 0.1) is 5.41 Å². The fourth-order valence-electron chi connectivity index (χ4n) is 2.86. The summed E-state index contributed by atoms with van der Waals surface area (Å²) in [5.41, 5.74) is 7.70. The third kappa shape index (κ3) is 1.71. The lowest BCUT2D eigenvalue weighted by Gasteiger charge is -2.35. The Hall–Kier alpha value is -1.13. The first kappa shape index (κ1) is 13.3. The first-order chi connectivity index (χ1) is 8.00. The molecule has 3 N–H and O–H groups in total. The van der Waals surface area contributed by atoms with Crippen molar-refractivity contribution in [3.8, 4) is 0 Å². The second-order valence-corrected chi connectivity index (χ2v) is 5.63. The average molecular weight is 268 g/mol. The largest absolute Gasteiger partial charge is 0.328 e. The smallest absolute Gasteiger partial charge is 0.235 e. The van der Waals surface area contributed by atoms with E-state index in [1.165, 1.54) is 5.56 Å². The number of aromatic nitrogens is 1. The molecule has 3 rings (SSSR count). The summed E-state index contributed by atoms with van der Waals surface area (Å²) in [6.45, 7) is 3.91. The molecule has 2 aliphatic rings. The first-order valence-electron chi connectivity index (χ1n) is 6.06. The number of anilines is 1. The number of rotatable bonds is 1. The van der Waals surface area contributed by atoms with Crippen LogP contribution in [-0.2, 0) is 10.2 Å². The Morgan fingerprint density at radius 1 is 1.44 bits per heavy atom. The van der Waals surface area contributed by atoms with E-state index < -0.39 is 5.41 Å². The molecular formula is C13H18ClN3O. The standard InChI is InChI=1S/C13H17N3O.ClH/c1-13(2)10-9(7-5-8(14)6-7)3-4-15-11(10)16-12(13)17;/h3-4,7-8H,5-6,14H2,1-2H3,(H,15,16,17);1H/t7-,8-;. The molecule has 0 saturated heterocycles. The number of hydrogen-bond donors (Lipinski definition) is 2. The predicted octanol–water partition coefficient (Wildman–Crippen LogP) is 1.94. The Bertz CT molecular complexity index is 495. The molecular weight excluding hydrogens is 250 g/mol. The maximum absolute atomic E-state index is 11.9. The molecule has 1 saturated carbocycles. The van der Waals surface area contributed by atoms with Crippen LogP contribution in [0.25, 0.3) is 0 Å². The van der Waals surface area contributed by atoms with Crippen LogP contribution < -0.4 is 11.1 Å². The number of carbonyl (C=O) groups is 1. The maximum atomic E-state index is 11.9. The van der Waals surface area contributed by atoms with Gasteiger partial charge in [-0.2, -0.15) is 0 Å². The van der Waals surface area contributed by atoms with Crippen molar-refractivity contribution in [3.05, 3.63) is 23.4 Å². The number of pyridine rings is 1. The van der Waals surface area contributed by atoms with Crippen LogP contribution >= 0.6 is 12.4 Å². The summed E-state index contributed by atoms with van der Waals surface area (Å²) in [5, 5.41) is 2.86. The van der Waals surface area contributed by atoms with Gasteiger partial charge in [0.25, 0.3) is 0 Å². The number of fused-ring (bicyclic) bond motifs is 1. The van der Waals surface area contributed by atoms with Gasteiger partial charge in [-0.1, -0.05) is 0 Å². The van der Waals surface area contributed by atoms with E-state index in [9.17, 15) is 4.79 Å². The minimum atomic E-state index is -0.474. The van der Waals surface area contributed by atoms with Crippen LogP contribution in [0, 0.1) is 0 Å². The Morgan fingerprint density at radius 2 is 2.11 bits per heavy atom. The fraction of sp³-hybridized carbons (Fsp3) is 0.538. The van der Waals surface area contributed by atoms with E-state index in [2.05, 4.69) is 10.3 Å².